The summed E-state index contributed by atoms with van der Waals surface area (Å²) in [6.45, 7) is 0.489. The second-order valence-electron chi connectivity index (χ2n) is 8.11. The van der Waals surface area contributed by atoms with Crippen molar-refractivity contribution < 1.29 is 8.42 Å². The molecule has 7 nitrogen and oxygen atoms in total. The number of rotatable bonds is 3. The van der Waals surface area contributed by atoms with E-state index in [2.05, 4.69) is 15.8 Å². The predicted molar refractivity (Wildman–Crippen MR) is 134 cm³/mol. The number of aromatic nitrogens is 3. The van der Waals surface area contributed by atoms with Gasteiger partial charge in [-0.3, -0.25) is 14.1 Å². The molecule has 5 aromatic rings. The van der Waals surface area contributed by atoms with Gasteiger partial charge in [-0.2, -0.15) is 0 Å². The van der Waals surface area contributed by atoms with Crippen molar-refractivity contribution in [1.82, 2.24) is 14.5 Å². The van der Waals surface area contributed by atoms with Crippen LogP contribution in [-0.2, 0) is 23.0 Å². The normalized spacial score (nSPS) is 13.1. The zero-order valence-corrected chi connectivity index (χ0v) is 19.8. The van der Waals surface area contributed by atoms with Crippen LogP contribution < -0.4 is 10.3 Å². The van der Waals surface area contributed by atoms with Gasteiger partial charge in [-0.15, -0.1) is 0 Å². The maximum absolute atomic E-state index is 13.4. The van der Waals surface area contributed by atoms with Crippen molar-refractivity contribution >= 4 is 60.7 Å². The van der Waals surface area contributed by atoms with E-state index in [1.165, 1.54) is 24.3 Å². The highest BCUT2D eigenvalue weighted by molar-refractivity contribution is 7.92. The summed E-state index contributed by atoms with van der Waals surface area (Å²) in [6.07, 6.45) is 0.696. The number of para-hydroxylation sites is 1. The first-order chi connectivity index (χ1) is 16.3. The molecule has 0 atom stereocenters. The fraction of sp³-hybridized carbons (Fsp3) is 0.0833. The monoisotopic (exact) mass is 510 g/mol. The van der Waals surface area contributed by atoms with Crippen molar-refractivity contribution in [3.05, 3.63) is 86.6 Å². The minimum atomic E-state index is -3.97. The summed E-state index contributed by atoms with van der Waals surface area (Å²) in [5.74, 6) is 0.580. The summed E-state index contributed by atoms with van der Waals surface area (Å²) in [4.78, 5) is 21.4. The van der Waals surface area contributed by atoms with Gasteiger partial charge in [0.2, 0.25) is 0 Å². The summed E-state index contributed by atoms with van der Waals surface area (Å²) >= 11 is 11.9. The van der Waals surface area contributed by atoms with Crippen LogP contribution >= 0.6 is 23.2 Å². The number of sulfonamides is 1. The molecular formula is C24H16Cl2N4O3S. The van der Waals surface area contributed by atoms with E-state index >= 15 is 0 Å². The third-order valence-electron chi connectivity index (χ3n) is 5.98. The van der Waals surface area contributed by atoms with E-state index < -0.39 is 10.0 Å². The molecule has 3 aromatic carbocycles. The Labute approximate surface area is 204 Å². The molecule has 10 heteroatoms. The second-order valence-corrected chi connectivity index (χ2v) is 10.7. The first-order valence-corrected chi connectivity index (χ1v) is 12.7. The lowest BCUT2D eigenvalue weighted by atomic mass is 10.0. The molecule has 2 N–H and O–H groups in total. The number of benzene rings is 3. The molecule has 2 aromatic heterocycles. The summed E-state index contributed by atoms with van der Waals surface area (Å²) in [6, 6.07) is 16.8. The van der Waals surface area contributed by atoms with Gasteiger partial charge in [-0.25, -0.2) is 13.4 Å². The summed E-state index contributed by atoms with van der Waals surface area (Å²) in [5, 5.41) is 1.87. The molecule has 0 radical (unpaired) electrons. The quantitative estimate of drug-likeness (QED) is 0.348. The Hall–Kier alpha value is -3.33. The van der Waals surface area contributed by atoms with Crippen LogP contribution in [0.4, 0.5) is 5.69 Å². The minimum Gasteiger partial charge on any atom is -0.352 e. The Balaban J connectivity index is 1.45. The topological polar surface area (TPSA) is 96.8 Å². The summed E-state index contributed by atoms with van der Waals surface area (Å²) in [5.41, 5.74) is 3.49. The maximum atomic E-state index is 13.4. The fourth-order valence-corrected chi connectivity index (χ4v) is 6.23. The zero-order valence-electron chi connectivity index (χ0n) is 17.5. The molecule has 0 aliphatic carbocycles. The van der Waals surface area contributed by atoms with Crippen molar-refractivity contribution in [2.45, 2.75) is 17.9 Å². The highest BCUT2D eigenvalue weighted by atomic mass is 35.5. The van der Waals surface area contributed by atoms with E-state index in [0.29, 0.717) is 29.7 Å². The van der Waals surface area contributed by atoms with Crippen LogP contribution in [0.1, 0.15) is 5.56 Å². The molecule has 1 aliphatic heterocycles. The van der Waals surface area contributed by atoms with Gasteiger partial charge in [-0.1, -0.05) is 41.4 Å². The van der Waals surface area contributed by atoms with Crippen LogP contribution in [0.5, 0.6) is 0 Å². The van der Waals surface area contributed by atoms with E-state index in [4.69, 9.17) is 28.2 Å². The molecule has 0 fully saturated rings. The number of H-pyrrole nitrogens is 1. The number of hydrogen-bond donors (Lipinski definition) is 2. The molecule has 0 amide bonds. The lowest BCUT2D eigenvalue weighted by Crippen LogP contribution is -2.27. The number of aryl methyl sites for hydroxylation is 1. The predicted octanol–water partition coefficient (Wildman–Crippen LogP) is 5.21. The van der Waals surface area contributed by atoms with E-state index in [-0.39, 0.29) is 26.2 Å². The first-order valence-electron chi connectivity index (χ1n) is 10.4. The zero-order chi connectivity index (χ0) is 23.6. The van der Waals surface area contributed by atoms with Crippen LogP contribution in [0.25, 0.3) is 33.3 Å². The Morgan fingerprint density at radius 3 is 2.53 bits per heavy atom. The lowest BCUT2D eigenvalue weighted by Gasteiger charge is -2.19. The molecular weight excluding hydrogens is 495 g/mol. The van der Waals surface area contributed by atoms with Gasteiger partial charge in [0.1, 0.15) is 0 Å². The van der Waals surface area contributed by atoms with Gasteiger partial charge >= 0.3 is 0 Å². The number of halogens is 2. The van der Waals surface area contributed by atoms with Crippen LogP contribution in [0.2, 0.25) is 10.0 Å². The Kier molecular flexibility index (Phi) is 4.74. The van der Waals surface area contributed by atoms with Gasteiger partial charge in [-0.05, 0) is 54.4 Å². The van der Waals surface area contributed by atoms with Gasteiger partial charge in [0.15, 0.2) is 5.82 Å². The standard InChI is InChI=1S/C24H16Cl2N4O3S/c25-13-9-14(26)11-16(10-13)34(32,33)29-15-5-6-21-19(12-15)24(31)30-8-7-18-17-3-1-2-4-20(17)27-22(18)23(30)28-21/h1-6,9-12,27,29H,7-8H2. The molecule has 0 saturated heterocycles. The number of aromatic amines is 1. The number of fused-ring (bicyclic) bond motifs is 6. The molecule has 1 aliphatic rings. The smallest absolute Gasteiger partial charge is 0.261 e. The SMILES string of the molecule is O=c1c2cc(NS(=O)(=O)c3cc(Cl)cc(Cl)c3)ccc2nc2n1CCc1c-2[nH]c2ccccc12. The molecule has 0 spiro atoms. The lowest BCUT2D eigenvalue weighted by molar-refractivity contribution is 0.601. The van der Waals surface area contributed by atoms with Gasteiger partial charge in [0, 0.05) is 33.2 Å². The third kappa shape index (κ3) is 3.37. The molecule has 0 saturated carbocycles. The van der Waals surface area contributed by atoms with E-state index in [9.17, 15) is 13.2 Å². The number of nitrogens with zero attached hydrogens (tertiary/aromatic N) is 2. The Bertz CT molecular complexity index is 1790. The van der Waals surface area contributed by atoms with E-state index in [1.54, 1.807) is 16.7 Å². The van der Waals surface area contributed by atoms with Crippen LogP contribution in [0.15, 0.2) is 70.4 Å². The minimum absolute atomic E-state index is 0.0725. The Morgan fingerprint density at radius 1 is 0.971 bits per heavy atom. The number of nitrogens with one attached hydrogen (secondary N) is 2. The van der Waals surface area contributed by atoms with Crippen LogP contribution in [-0.4, -0.2) is 23.0 Å². The fourth-order valence-electron chi connectivity index (χ4n) is 4.45. The van der Waals surface area contributed by atoms with Crippen molar-refractivity contribution in [3.63, 3.8) is 0 Å². The van der Waals surface area contributed by atoms with Crippen molar-refractivity contribution in [1.29, 1.82) is 0 Å². The number of hydrogen-bond acceptors (Lipinski definition) is 4. The molecule has 6 rings (SSSR count). The molecule has 34 heavy (non-hydrogen) atoms. The van der Waals surface area contributed by atoms with E-state index in [1.807, 2.05) is 18.2 Å². The largest absolute Gasteiger partial charge is 0.352 e. The summed E-state index contributed by atoms with van der Waals surface area (Å²) < 4.78 is 29.8. The van der Waals surface area contributed by atoms with Crippen molar-refractivity contribution in [2.24, 2.45) is 0 Å². The maximum Gasteiger partial charge on any atom is 0.261 e. The van der Waals surface area contributed by atoms with Crippen molar-refractivity contribution in [2.75, 3.05) is 4.72 Å². The first kappa shape index (κ1) is 21.2. The molecule has 0 unspecified atom stereocenters. The van der Waals surface area contributed by atoms with Gasteiger partial charge in [0.25, 0.3) is 15.6 Å². The average Bonchev–Trinajstić information content (AvgIpc) is 3.18. The highest BCUT2D eigenvalue weighted by Gasteiger charge is 2.24. The molecule has 0 bridgehead atoms. The molecule has 170 valence electrons. The van der Waals surface area contributed by atoms with Gasteiger partial charge in [0.05, 0.1) is 21.5 Å². The molecule has 3 heterocycles. The van der Waals surface area contributed by atoms with Gasteiger partial charge < -0.3 is 4.98 Å². The van der Waals surface area contributed by atoms with Crippen LogP contribution in [0.3, 0.4) is 0 Å². The highest BCUT2D eigenvalue weighted by Crippen LogP contribution is 2.33. The third-order valence-corrected chi connectivity index (χ3v) is 7.77. The average molecular weight is 511 g/mol. The van der Waals surface area contributed by atoms with E-state index in [0.717, 1.165) is 22.2 Å². The summed E-state index contributed by atoms with van der Waals surface area (Å²) in [7, 11) is -3.97. The second kappa shape index (κ2) is 7.59. The van der Waals surface area contributed by atoms with Crippen molar-refractivity contribution in [3.8, 4) is 11.5 Å². The number of anilines is 1. The Morgan fingerprint density at radius 2 is 1.74 bits per heavy atom. The van der Waals surface area contributed by atoms with Crippen LogP contribution in [0, 0.1) is 0 Å².